The molecular formula is C13H15NO2S. The number of fused-ring (bicyclic) bond motifs is 1. The van der Waals surface area contributed by atoms with Crippen molar-refractivity contribution in [2.45, 2.75) is 6.92 Å². The molecule has 0 fully saturated rings. The maximum absolute atomic E-state index is 12.2. The number of hydrogen-bond acceptors (Lipinski definition) is 3. The molecule has 3 nitrogen and oxygen atoms in total. The number of aliphatic hydroxyl groups excluding tert-OH is 1. The van der Waals surface area contributed by atoms with Crippen LogP contribution >= 0.6 is 11.3 Å². The van der Waals surface area contributed by atoms with Crippen LogP contribution in [0, 0.1) is 6.92 Å². The maximum atomic E-state index is 12.2. The van der Waals surface area contributed by atoms with E-state index in [0.717, 1.165) is 20.5 Å². The molecule has 0 unspecified atom stereocenters. The normalized spacial score (nSPS) is 10.8. The van der Waals surface area contributed by atoms with Crippen LogP contribution < -0.4 is 0 Å². The second kappa shape index (κ2) is 4.85. The van der Waals surface area contributed by atoms with Gasteiger partial charge in [0.2, 0.25) is 0 Å². The van der Waals surface area contributed by atoms with Crippen molar-refractivity contribution in [1.29, 1.82) is 0 Å². The van der Waals surface area contributed by atoms with E-state index in [0.29, 0.717) is 6.54 Å². The van der Waals surface area contributed by atoms with Gasteiger partial charge in [0, 0.05) is 18.3 Å². The number of aliphatic hydroxyl groups is 1. The Hall–Kier alpha value is -1.39. The highest BCUT2D eigenvalue weighted by atomic mass is 32.1. The van der Waals surface area contributed by atoms with E-state index < -0.39 is 0 Å². The first-order chi connectivity index (χ1) is 8.15. The van der Waals surface area contributed by atoms with Gasteiger partial charge in [0.1, 0.15) is 0 Å². The van der Waals surface area contributed by atoms with E-state index in [-0.39, 0.29) is 12.5 Å². The zero-order chi connectivity index (χ0) is 12.4. The summed E-state index contributed by atoms with van der Waals surface area (Å²) < 4.78 is 1.13. The molecule has 0 saturated heterocycles. The molecule has 90 valence electrons. The number of thiophene rings is 1. The first-order valence-corrected chi connectivity index (χ1v) is 6.31. The van der Waals surface area contributed by atoms with Gasteiger partial charge in [0.05, 0.1) is 11.5 Å². The summed E-state index contributed by atoms with van der Waals surface area (Å²) in [7, 11) is 1.71. The van der Waals surface area contributed by atoms with E-state index in [4.69, 9.17) is 5.11 Å². The van der Waals surface area contributed by atoms with E-state index in [1.54, 1.807) is 11.9 Å². The Kier molecular flexibility index (Phi) is 3.45. The van der Waals surface area contributed by atoms with Crippen LogP contribution in [-0.2, 0) is 0 Å². The van der Waals surface area contributed by atoms with Crippen molar-refractivity contribution >= 4 is 27.3 Å². The lowest BCUT2D eigenvalue weighted by atomic mass is 10.1. The maximum Gasteiger partial charge on any atom is 0.264 e. The summed E-state index contributed by atoms with van der Waals surface area (Å²) >= 11 is 1.51. The van der Waals surface area contributed by atoms with E-state index in [1.807, 2.05) is 31.2 Å². The number of benzene rings is 1. The Morgan fingerprint density at radius 1 is 1.41 bits per heavy atom. The molecule has 17 heavy (non-hydrogen) atoms. The van der Waals surface area contributed by atoms with E-state index >= 15 is 0 Å². The number of amides is 1. The largest absolute Gasteiger partial charge is 0.395 e. The Morgan fingerprint density at radius 2 is 2.12 bits per heavy atom. The van der Waals surface area contributed by atoms with Gasteiger partial charge >= 0.3 is 0 Å². The zero-order valence-electron chi connectivity index (χ0n) is 9.93. The minimum atomic E-state index is -0.0160. The molecule has 4 heteroatoms. The first-order valence-electron chi connectivity index (χ1n) is 5.49. The molecule has 1 amide bonds. The third kappa shape index (κ3) is 2.18. The number of nitrogens with zero attached hydrogens (tertiary/aromatic N) is 1. The summed E-state index contributed by atoms with van der Waals surface area (Å²) in [5.74, 6) is -0.0160. The lowest BCUT2D eigenvalue weighted by molar-refractivity contribution is 0.0771. The van der Waals surface area contributed by atoms with Gasteiger partial charge in [-0.15, -0.1) is 11.3 Å². The van der Waals surface area contributed by atoms with Crippen molar-refractivity contribution in [3.05, 3.63) is 34.7 Å². The van der Waals surface area contributed by atoms with Crippen LogP contribution in [0.15, 0.2) is 24.3 Å². The summed E-state index contributed by atoms with van der Waals surface area (Å²) in [6, 6.07) is 8.01. The second-order valence-corrected chi connectivity index (χ2v) is 5.05. The fourth-order valence-corrected chi connectivity index (χ4v) is 3.01. The van der Waals surface area contributed by atoms with Crippen molar-refractivity contribution in [2.24, 2.45) is 0 Å². The van der Waals surface area contributed by atoms with Crippen molar-refractivity contribution in [2.75, 3.05) is 20.2 Å². The van der Waals surface area contributed by atoms with Crippen molar-refractivity contribution < 1.29 is 9.90 Å². The fraction of sp³-hybridized carbons (Fsp3) is 0.308. The second-order valence-electron chi connectivity index (χ2n) is 4.00. The van der Waals surface area contributed by atoms with Crippen LogP contribution in [0.1, 0.15) is 15.2 Å². The van der Waals surface area contributed by atoms with Gasteiger partial charge in [-0.1, -0.05) is 18.2 Å². The number of hydrogen-bond donors (Lipinski definition) is 1. The number of rotatable bonds is 3. The molecule has 1 heterocycles. The molecule has 0 bridgehead atoms. The monoisotopic (exact) mass is 249 g/mol. The van der Waals surface area contributed by atoms with Gasteiger partial charge in [-0.3, -0.25) is 4.79 Å². The number of likely N-dealkylation sites (N-methyl/N-ethyl adjacent to an activating group) is 1. The number of aryl methyl sites for hydroxylation is 1. The van der Waals surface area contributed by atoms with Crippen molar-refractivity contribution in [3.63, 3.8) is 0 Å². The minimum Gasteiger partial charge on any atom is -0.395 e. The Morgan fingerprint density at radius 3 is 2.76 bits per heavy atom. The standard InChI is InChI=1S/C13H15NO2S/c1-9-10-5-3-4-6-11(10)17-12(9)13(16)14(2)7-8-15/h3-6,15H,7-8H2,1-2H3. The van der Waals surface area contributed by atoms with Gasteiger partial charge in [-0.2, -0.15) is 0 Å². The van der Waals surface area contributed by atoms with Gasteiger partial charge in [-0.05, 0) is 23.9 Å². The van der Waals surface area contributed by atoms with Crippen LogP contribution in [0.2, 0.25) is 0 Å². The van der Waals surface area contributed by atoms with Crippen LogP contribution in [0.25, 0.3) is 10.1 Å². The van der Waals surface area contributed by atoms with Crippen LogP contribution in [0.5, 0.6) is 0 Å². The quantitative estimate of drug-likeness (QED) is 0.906. The Balaban J connectivity index is 2.42. The average molecular weight is 249 g/mol. The molecule has 0 aliphatic rings. The predicted molar refractivity (Wildman–Crippen MR) is 70.6 cm³/mol. The lowest BCUT2D eigenvalue weighted by Crippen LogP contribution is -2.29. The van der Waals surface area contributed by atoms with Crippen molar-refractivity contribution in [3.8, 4) is 0 Å². The highest BCUT2D eigenvalue weighted by molar-refractivity contribution is 7.21. The van der Waals surface area contributed by atoms with Gasteiger partial charge < -0.3 is 10.0 Å². The number of carbonyl (C=O) groups excluding carboxylic acids is 1. The Bertz CT molecular complexity index is 547. The molecule has 2 aromatic rings. The van der Waals surface area contributed by atoms with E-state index in [1.165, 1.54) is 11.3 Å². The molecule has 1 N–H and O–H groups in total. The van der Waals surface area contributed by atoms with Gasteiger partial charge in [0.15, 0.2) is 0 Å². The Labute approximate surface area is 104 Å². The van der Waals surface area contributed by atoms with Crippen molar-refractivity contribution in [1.82, 2.24) is 4.90 Å². The summed E-state index contributed by atoms with van der Waals surface area (Å²) in [6.45, 7) is 2.33. The summed E-state index contributed by atoms with van der Waals surface area (Å²) in [5.41, 5.74) is 1.03. The molecule has 0 aliphatic heterocycles. The molecule has 0 atom stereocenters. The van der Waals surface area contributed by atoms with E-state index in [2.05, 4.69) is 0 Å². The lowest BCUT2D eigenvalue weighted by Gasteiger charge is -2.14. The first kappa shape index (κ1) is 12.1. The summed E-state index contributed by atoms with van der Waals surface area (Å²) in [6.07, 6.45) is 0. The molecule has 0 saturated carbocycles. The molecular weight excluding hydrogens is 234 g/mol. The number of carbonyl (C=O) groups is 1. The SMILES string of the molecule is Cc1c(C(=O)N(C)CCO)sc2ccccc12. The highest BCUT2D eigenvalue weighted by Gasteiger charge is 2.18. The molecule has 0 spiro atoms. The third-order valence-corrected chi connectivity index (χ3v) is 4.08. The molecule has 0 aliphatic carbocycles. The fourth-order valence-electron chi connectivity index (χ4n) is 1.80. The predicted octanol–water partition coefficient (Wildman–Crippen LogP) is 2.27. The molecule has 2 rings (SSSR count). The van der Waals surface area contributed by atoms with Crippen LogP contribution in [0.4, 0.5) is 0 Å². The van der Waals surface area contributed by atoms with E-state index in [9.17, 15) is 4.79 Å². The average Bonchev–Trinajstić information content (AvgIpc) is 2.67. The molecule has 1 aromatic carbocycles. The van der Waals surface area contributed by atoms with Gasteiger partial charge in [0.25, 0.3) is 5.91 Å². The third-order valence-electron chi connectivity index (χ3n) is 2.82. The van der Waals surface area contributed by atoms with Crippen LogP contribution in [0.3, 0.4) is 0 Å². The molecule has 0 radical (unpaired) electrons. The summed E-state index contributed by atoms with van der Waals surface area (Å²) in [4.78, 5) is 14.5. The van der Waals surface area contributed by atoms with Crippen LogP contribution in [-0.4, -0.2) is 36.1 Å². The minimum absolute atomic E-state index is 0.00776. The highest BCUT2D eigenvalue weighted by Crippen LogP contribution is 2.31. The summed E-state index contributed by atoms with van der Waals surface area (Å²) in [5, 5.41) is 9.99. The van der Waals surface area contributed by atoms with Gasteiger partial charge in [-0.25, -0.2) is 0 Å². The molecule has 1 aromatic heterocycles. The smallest absolute Gasteiger partial charge is 0.264 e. The topological polar surface area (TPSA) is 40.5 Å². The zero-order valence-corrected chi connectivity index (χ0v) is 10.8.